The van der Waals surface area contributed by atoms with Crippen molar-refractivity contribution in [2.75, 3.05) is 32.7 Å². The molecule has 0 aromatic rings. The summed E-state index contributed by atoms with van der Waals surface area (Å²) in [5.41, 5.74) is 0.735. The van der Waals surface area contributed by atoms with Crippen LogP contribution in [-0.2, 0) is 0 Å². The highest BCUT2D eigenvalue weighted by molar-refractivity contribution is 4.95. The van der Waals surface area contributed by atoms with Crippen LogP contribution in [0.3, 0.4) is 0 Å². The van der Waals surface area contributed by atoms with E-state index in [4.69, 9.17) is 0 Å². The lowest BCUT2D eigenvalue weighted by molar-refractivity contribution is 0.206. The molecule has 2 heteroatoms. The third-order valence-corrected chi connectivity index (χ3v) is 3.96. The molecular formula is C13H26N2. The van der Waals surface area contributed by atoms with Crippen molar-refractivity contribution >= 4 is 0 Å². The van der Waals surface area contributed by atoms with E-state index in [9.17, 15) is 0 Å². The van der Waals surface area contributed by atoms with Crippen LogP contribution in [-0.4, -0.2) is 37.6 Å². The number of hydrogen-bond acceptors (Lipinski definition) is 2. The van der Waals surface area contributed by atoms with Gasteiger partial charge < -0.3 is 10.2 Å². The first-order valence-corrected chi connectivity index (χ1v) is 6.67. The lowest BCUT2D eigenvalue weighted by Crippen LogP contribution is -2.34. The Kier molecular flexibility index (Phi) is 3.68. The zero-order chi connectivity index (χ0) is 10.7. The summed E-state index contributed by atoms with van der Waals surface area (Å²) in [6.45, 7) is 11.0. The van der Waals surface area contributed by atoms with E-state index in [0.29, 0.717) is 0 Å². The van der Waals surface area contributed by atoms with E-state index in [1.54, 1.807) is 0 Å². The van der Waals surface area contributed by atoms with E-state index >= 15 is 0 Å². The molecule has 1 aliphatic heterocycles. The lowest BCUT2D eigenvalue weighted by Gasteiger charge is -2.27. The highest BCUT2D eigenvalue weighted by Crippen LogP contribution is 2.50. The maximum Gasteiger partial charge on any atom is 0.0107 e. The van der Waals surface area contributed by atoms with Crippen LogP contribution in [0.1, 0.15) is 39.5 Å². The van der Waals surface area contributed by atoms with Crippen LogP contribution < -0.4 is 5.32 Å². The van der Waals surface area contributed by atoms with Crippen LogP contribution in [0.4, 0.5) is 0 Å². The second kappa shape index (κ2) is 4.84. The topological polar surface area (TPSA) is 15.3 Å². The number of nitrogens with one attached hydrogen (secondary N) is 1. The Morgan fingerprint density at radius 1 is 1.40 bits per heavy atom. The van der Waals surface area contributed by atoms with Crippen molar-refractivity contribution in [2.24, 2.45) is 11.3 Å². The molecule has 1 N–H and O–H groups in total. The van der Waals surface area contributed by atoms with Gasteiger partial charge in [0.2, 0.25) is 0 Å². The van der Waals surface area contributed by atoms with Gasteiger partial charge in [0.1, 0.15) is 0 Å². The SMILES string of the molecule is CCCC1(CN2CCNCC(C)C2)CC1. The van der Waals surface area contributed by atoms with Crippen LogP contribution >= 0.6 is 0 Å². The second-order valence-corrected chi connectivity index (χ2v) is 5.79. The summed E-state index contributed by atoms with van der Waals surface area (Å²) in [5.74, 6) is 0.824. The average molecular weight is 210 g/mol. The molecule has 1 saturated heterocycles. The Morgan fingerprint density at radius 2 is 2.20 bits per heavy atom. The van der Waals surface area contributed by atoms with E-state index in [1.807, 2.05) is 0 Å². The molecule has 15 heavy (non-hydrogen) atoms. The first-order valence-electron chi connectivity index (χ1n) is 6.67. The first-order chi connectivity index (χ1) is 7.24. The Balaban J connectivity index is 1.82. The number of rotatable bonds is 4. The van der Waals surface area contributed by atoms with Gasteiger partial charge in [0.15, 0.2) is 0 Å². The van der Waals surface area contributed by atoms with Gasteiger partial charge in [0, 0.05) is 26.2 Å². The molecular weight excluding hydrogens is 184 g/mol. The predicted octanol–water partition coefficient (Wildman–Crippen LogP) is 2.11. The van der Waals surface area contributed by atoms with Crippen molar-refractivity contribution < 1.29 is 0 Å². The zero-order valence-corrected chi connectivity index (χ0v) is 10.4. The molecule has 0 amide bonds. The molecule has 2 rings (SSSR count). The fraction of sp³-hybridized carbons (Fsp3) is 1.00. The van der Waals surface area contributed by atoms with Gasteiger partial charge in [-0.05, 0) is 37.1 Å². The quantitative estimate of drug-likeness (QED) is 0.764. The van der Waals surface area contributed by atoms with Gasteiger partial charge in [0.05, 0.1) is 0 Å². The summed E-state index contributed by atoms with van der Waals surface area (Å²) in [7, 11) is 0. The summed E-state index contributed by atoms with van der Waals surface area (Å²) in [6, 6.07) is 0. The molecule has 0 aromatic carbocycles. The highest BCUT2D eigenvalue weighted by Gasteiger charge is 2.42. The van der Waals surface area contributed by atoms with Crippen molar-refractivity contribution in [1.29, 1.82) is 0 Å². The maximum atomic E-state index is 3.52. The molecule has 1 unspecified atom stereocenters. The summed E-state index contributed by atoms with van der Waals surface area (Å²) in [5, 5.41) is 3.52. The molecule has 88 valence electrons. The predicted molar refractivity (Wildman–Crippen MR) is 65.0 cm³/mol. The zero-order valence-electron chi connectivity index (χ0n) is 10.4. The molecule has 2 aliphatic rings. The smallest absolute Gasteiger partial charge is 0.0107 e. The van der Waals surface area contributed by atoms with Crippen molar-refractivity contribution in [2.45, 2.75) is 39.5 Å². The van der Waals surface area contributed by atoms with E-state index in [1.165, 1.54) is 58.4 Å². The van der Waals surface area contributed by atoms with E-state index < -0.39 is 0 Å². The molecule has 1 saturated carbocycles. The molecule has 1 aliphatic carbocycles. The molecule has 2 fully saturated rings. The minimum atomic E-state index is 0.735. The van der Waals surface area contributed by atoms with Crippen LogP contribution in [0.15, 0.2) is 0 Å². The molecule has 1 atom stereocenters. The van der Waals surface area contributed by atoms with Crippen molar-refractivity contribution in [3.05, 3.63) is 0 Å². The lowest BCUT2D eigenvalue weighted by atomic mass is 9.99. The fourth-order valence-electron chi connectivity index (χ4n) is 2.99. The largest absolute Gasteiger partial charge is 0.315 e. The Labute approximate surface area is 94.4 Å². The standard InChI is InChI=1S/C13H26N2/c1-3-4-13(5-6-13)11-15-8-7-14-9-12(2)10-15/h12,14H,3-11H2,1-2H3. The van der Waals surface area contributed by atoms with Crippen molar-refractivity contribution in [1.82, 2.24) is 10.2 Å². The van der Waals surface area contributed by atoms with E-state index in [2.05, 4.69) is 24.1 Å². The Morgan fingerprint density at radius 3 is 2.87 bits per heavy atom. The maximum absolute atomic E-state index is 3.52. The second-order valence-electron chi connectivity index (χ2n) is 5.79. The van der Waals surface area contributed by atoms with Gasteiger partial charge in [-0.3, -0.25) is 0 Å². The summed E-state index contributed by atoms with van der Waals surface area (Å²) in [4.78, 5) is 2.70. The van der Waals surface area contributed by atoms with Crippen LogP contribution in [0.2, 0.25) is 0 Å². The molecule has 0 aromatic heterocycles. The van der Waals surface area contributed by atoms with Gasteiger partial charge in [-0.1, -0.05) is 20.3 Å². The average Bonchev–Trinajstić information content (AvgIpc) is 2.94. The third kappa shape index (κ3) is 3.18. The monoisotopic (exact) mass is 210 g/mol. The minimum absolute atomic E-state index is 0.735. The molecule has 0 spiro atoms. The molecule has 0 radical (unpaired) electrons. The Hall–Kier alpha value is -0.0800. The third-order valence-electron chi connectivity index (χ3n) is 3.96. The van der Waals surface area contributed by atoms with Gasteiger partial charge in [0.25, 0.3) is 0 Å². The number of nitrogens with zero attached hydrogens (tertiary/aromatic N) is 1. The normalized spacial score (nSPS) is 31.2. The van der Waals surface area contributed by atoms with Gasteiger partial charge in [-0.2, -0.15) is 0 Å². The van der Waals surface area contributed by atoms with Crippen LogP contribution in [0, 0.1) is 11.3 Å². The summed E-state index contributed by atoms with van der Waals surface area (Å²) in [6.07, 6.45) is 5.78. The van der Waals surface area contributed by atoms with Crippen molar-refractivity contribution in [3.8, 4) is 0 Å². The number of hydrogen-bond donors (Lipinski definition) is 1. The molecule has 0 bridgehead atoms. The minimum Gasteiger partial charge on any atom is -0.315 e. The first kappa shape index (κ1) is 11.4. The highest BCUT2D eigenvalue weighted by atomic mass is 15.2. The van der Waals surface area contributed by atoms with Gasteiger partial charge in [-0.25, -0.2) is 0 Å². The Bertz CT molecular complexity index is 199. The summed E-state index contributed by atoms with van der Waals surface area (Å²) >= 11 is 0. The van der Waals surface area contributed by atoms with Crippen LogP contribution in [0.5, 0.6) is 0 Å². The summed E-state index contributed by atoms with van der Waals surface area (Å²) < 4.78 is 0. The fourth-order valence-corrected chi connectivity index (χ4v) is 2.99. The molecule has 2 nitrogen and oxygen atoms in total. The van der Waals surface area contributed by atoms with E-state index in [0.717, 1.165) is 11.3 Å². The van der Waals surface area contributed by atoms with Crippen molar-refractivity contribution in [3.63, 3.8) is 0 Å². The van der Waals surface area contributed by atoms with E-state index in [-0.39, 0.29) is 0 Å². The van der Waals surface area contributed by atoms with Gasteiger partial charge >= 0.3 is 0 Å². The van der Waals surface area contributed by atoms with Crippen LogP contribution in [0.25, 0.3) is 0 Å². The molecule has 1 heterocycles. The van der Waals surface area contributed by atoms with Gasteiger partial charge in [-0.15, -0.1) is 0 Å².